The highest BCUT2D eigenvalue weighted by Crippen LogP contribution is 2.29. The van der Waals surface area contributed by atoms with E-state index in [0.717, 1.165) is 12.5 Å². The number of allylic oxidation sites excluding steroid dienone is 2. The maximum Gasteiger partial charge on any atom is 0.270 e. The molecule has 1 radical (unpaired) electrons. The summed E-state index contributed by atoms with van der Waals surface area (Å²) in [6.45, 7) is 15.7. The van der Waals surface area contributed by atoms with Crippen LogP contribution in [0.25, 0.3) is 0 Å². The molecule has 0 fully saturated rings. The summed E-state index contributed by atoms with van der Waals surface area (Å²) in [7, 11) is 0. The fourth-order valence-electron chi connectivity index (χ4n) is 2.52. The molecule has 0 aromatic heterocycles. The van der Waals surface area contributed by atoms with Crippen molar-refractivity contribution in [2.24, 2.45) is 4.99 Å². The first kappa shape index (κ1) is 21.8. The molecule has 0 saturated carbocycles. The first-order valence-corrected chi connectivity index (χ1v) is 8.75. The van der Waals surface area contributed by atoms with Crippen molar-refractivity contribution in [2.75, 3.05) is 10.6 Å². The Morgan fingerprint density at radius 2 is 1.97 bits per heavy atom. The summed E-state index contributed by atoms with van der Waals surface area (Å²) in [5.41, 5.74) is 2.54. The molecule has 0 spiro atoms. The molecule has 153 valence electrons. The number of amides is 1. The lowest BCUT2D eigenvalue weighted by molar-refractivity contribution is 0.0175. The normalized spacial score (nSPS) is 11.5. The Morgan fingerprint density at radius 3 is 2.59 bits per heavy atom. The molecule has 0 aliphatic rings. The van der Waals surface area contributed by atoms with E-state index in [1.165, 1.54) is 24.3 Å². The summed E-state index contributed by atoms with van der Waals surface area (Å²) in [6.07, 6.45) is 3.13. The second-order valence-electron chi connectivity index (χ2n) is 6.44. The fraction of sp³-hybridized carbons (Fsp3) is 0.130. The number of anilines is 2. The minimum atomic E-state index is -3.00. The maximum atomic E-state index is 13.5. The number of hydrogen-bond acceptors (Lipinski definition) is 3. The molecular formula is C23H26F2N3O. The number of alkyl halides is 2. The summed E-state index contributed by atoms with van der Waals surface area (Å²) in [5.74, 6) is -3.43. The molecular weight excluding hydrogens is 372 g/mol. The number of halogens is 2. The van der Waals surface area contributed by atoms with Crippen LogP contribution in [-0.4, -0.2) is 12.6 Å². The third-order valence-corrected chi connectivity index (χ3v) is 4.12. The topological polar surface area (TPSA) is 53.5 Å². The summed E-state index contributed by atoms with van der Waals surface area (Å²) in [5, 5.41) is 5.63. The van der Waals surface area contributed by atoms with Gasteiger partial charge in [-0.1, -0.05) is 30.9 Å². The van der Waals surface area contributed by atoms with Crippen molar-refractivity contribution in [3.8, 4) is 0 Å². The largest absolute Gasteiger partial charge is 0.354 e. The van der Waals surface area contributed by atoms with Crippen molar-refractivity contribution >= 4 is 24.0 Å². The molecule has 2 rings (SSSR count). The number of nitrogens with zero attached hydrogens (tertiary/aromatic N) is 1. The average molecular weight is 398 g/mol. The van der Waals surface area contributed by atoms with Crippen LogP contribution >= 0.6 is 0 Å². The number of carbonyl (C=O) groups excluding carboxylic acids is 1. The fourth-order valence-corrected chi connectivity index (χ4v) is 2.52. The van der Waals surface area contributed by atoms with Gasteiger partial charge >= 0.3 is 0 Å². The van der Waals surface area contributed by atoms with Gasteiger partial charge in [-0.3, -0.25) is 9.79 Å². The molecule has 1 amide bonds. The highest BCUT2D eigenvalue weighted by atomic mass is 19.3. The van der Waals surface area contributed by atoms with Gasteiger partial charge in [-0.15, -0.1) is 0 Å². The minimum absolute atomic E-state index is 0. The Bertz CT molecular complexity index is 999. The summed E-state index contributed by atoms with van der Waals surface area (Å²) >= 11 is 0. The quantitative estimate of drug-likeness (QED) is 0.402. The van der Waals surface area contributed by atoms with Crippen molar-refractivity contribution in [1.82, 2.24) is 0 Å². The summed E-state index contributed by atoms with van der Waals surface area (Å²) in [4.78, 5) is 16.4. The maximum absolute atomic E-state index is 13.5. The monoisotopic (exact) mass is 398 g/mol. The van der Waals surface area contributed by atoms with Crippen molar-refractivity contribution in [3.05, 3.63) is 95.9 Å². The number of benzene rings is 2. The zero-order valence-electron chi connectivity index (χ0n) is 16.3. The molecule has 0 heterocycles. The molecule has 2 aromatic carbocycles. The van der Waals surface area contributed by atoms with Crippen LogP contribution in [0.2, 0.25) is 0 Å². The van der Waals surface area contributed by atoms with Crippen LogP contribution in [-0.2, 0) is 5.92 Å². The van der Waals surface area contributed by atoms with Crippen LogP contribution in [0.3, 0.4) is 0 Å². The Labute approximate surface area is 172 Å². The number of rotatable bonds is 8. The van der Waals surface area contributed by atoms with Gasteiger partial charge in [0, 0.05) is 32.3 Å². The molecule has 6 heteroatoms. The molecule has 0 aliphatic heterocycles. The van der Waals surface area contributed by atoms with Gasteiger partial charge in [0.1, 0.15) is 0 Å². The van der Waals surface area contributed by atoms with Crippen molar-refractivity contribution in [1.29, 1.82) is 0 Å². The standard InChI is InChI=1S/C23H22F2N3O.2H2/c1-6-8-20(26-5)16(3)27-21-13-17(12-11-15(21)2)22(29)28-19-10-7-9-18(14-19)23(4,24)25;;/h3,6-14,27H,1,5H2,2,4H3,(H,28,29);2*1H/b16-3?,20-8-;;. The van der Waals surface area contributed by atoms with Crippen LogP contribution < -0.4 is 10.6 Å². The number of aliphatic imine (C=N–C) groups is 1. The van der Waals surface area contributed by atoms with Crippen LogP contribution in [0.15, 0.2) is 77.6 Å². The Morgan fingerprint density at radius 1 is 1.24 bits per heavy atom. The lowest BCUT2D eigenvalue weighted by Crippen LogP contribution is -2.14. The van der Waals surface area contributed by atoms with Gasteiger partial charge in [0.2, 0.25) is 0 Å². The number of aryl methyl sites for hydroxylation is 1. The SMILES string of the molecule is [CH]=C(Nc1cc(C(=O)Nc2cccc(C(C)(F)F)c2)ccc1C)/C(=C/C=C)N=C.[HH].[HH]. The zero-order valence-corrected chi connectivity index (χ0v) is 16.3. The summed E-state index contributed by atoms with van der Waals surface area (Å²) < 4.78 is 27.0. The van der Waals surface area contributed by atoms with Crippen molar-refractivity contribution < 1.29 is 16.4 Å². The average Bonchev–Trinajstić information content (AvgIpc) is 2.67. The van der Waals surface area contributed by atoms with Crippen molar-refractivity contribution in [2.45, 2.75) is 19.8 Å². The third kappa shape index (κ3) is 5.72. The second kappa shape index (κ2) is 9.10. The van der Waals surface area contributed by atoms with E-state index in [2.05, 4.69) is 28.9 Å². The molecule has 0 atom stereocenters. The molecule has 2 aromatic rings. The zero-order chi connectivity index (χ0) is 21.6. The van der Waals surface area contributed by atoms with Gasteiger partial charge in [-0.2, -0.15) is 0 Å². The van der Waals surface area contributed by atoms with E-state index < -0.39 is 11.8 Å². The van der Waals surface area contributed by atoms with Crippen LogP contribution in [0.1, 0.15) is 31.3 Å². The van der Waals surface area contributed by atoms with E-state index >= 15 is 0 Å². The van der Waals surface area contributed by atoms with E-state index in [4.69, 9.17) is 6.58 Å². The summed E-state index contributed by atoms with van der Waals surface area (Å²) in [6, 6.07) is 10.6. The third-order valence-electron chi connectivity index (χ3n) is 4.12. The van der Waals surface area contributed by atoms with E-state index in [1.54, 1.807) is 30.3 Å². The van der Waals surface area contributed by atoms with Gasteiger partial charge in [0.25, 0.3) is 11.8 Å². The molecule has 0 saturated heterocycles. The van der Waals surface area contributed by atoms with Gasteiger partial charge in [-0.05, 0) is 56.1 Å². The first-order chi connectivity index (χ1) is 13.7. The molecule has 0 aliphatic carbocycles. The molecule has 2 N–H and O–H groups in total. The smallest absolute Gasteiger partial charge is 0.270 e. The molecule has 0 bridgehead atoms. The van der Waals surface area contributed by atoms with Gasteiger partial charge in [0.15, 0.2) is 0 Å². The second-order valence-corrected chi connectivity index (χ2v) is 6.44. The first-order valence-electron chi connectivity index (χ1n) is 8.75. The Balaban J connectivity index is 0.00000450. The van der Waals surface area contributed by atoms with E-state index in [-0.39, 0.29) is 19.8 Å². The highest BCUT2D eigenvalue weighted by molar-refractivity contribution is 6.05. The number of nitrogens with one attached hydrogen (secondary N) is 2. The molecule has 4 nitrogen and oxygen atoms in total. The van der Waals surface area contributed by atoms with Gasteiger partial charge in [0.05, 0.1) is 11.4 Å². The number of hydrogen-bond donors (Lipinski definition) is 2. The van der Waals surface area contributed by atoms with E-state index in [9.17, 15) is 13.6 Å². The Kier molecular flexibility index (Phi) is 6.83. The van der Waals surface area contributed by atoms with Gasteiger partial charge < -0.3 is 10.6 Å². The lowest BCUT2D eigenvalue weighted by atomic mass is 10.1. The van der Waals surface area contributed by atoms with E-state index in [0.29, 0.717) is 16.9 Å². The van der Waals surface area contributed by atoms with Crippen molar-refractivity contribution in [3.63, 3.8) is 0 Å². The van der Waals surface area contributed by atoms with Crippen LogP contribution in [0.5, 0.6) is 0 Å². The number of carbonyl (C=O) groups is 1. The van der Waals surface area contributed by atoms with Crippen LogP contribution in [0, 0.1) is 13.5 Å². The van der Waals surface area contributed by atoms with Gasteiger partial charge in [-0.25, -0.2) is 8.78 Å². The molecule has 29 heavy (non-hydrogen) atoms. The predicted molar refractivity (Wildman–Crippen MR) is 119 cm³/mol. The highest BCUT2D eigenvalue weighted by Gasteiger charge is 2.24. The Hall–Kier alpha value is -3.54. The van der Waals surface area contributed by atoms with Crippen LogP contribution in [0.4, 0.5) is 20.2 Å². The lowest BCUT2D eigenvalue weighted by Gasteiger charge is -2.15. The van der Waals surface area contributed by atoms with E-state index in [1.807, 2.05) is 6.92 Å². The predicted octanol–water partition coefficient (Wildman–Crippen LogP) is 6.35. The minimum Gasteiger partial charge on any atom is -0.354 e. The molecule has 0 unspecified atom stereocenters.